The Labute approximate surface area is 124 Å². The monoisotopic (exact) mass is 290 g/mol. The van der Waals surface area contributed by atoms with E-state index in [0.717, 1.165) is 43.4 Å². The number of carbonyl (C=O) groups excluding carboxylic acids is 2. The number of H-pyrrole nitrogens is 1. The molecule has 0 saturated carbocycles. The van der Waals surface area contributed by atoms with E-state index < -0.39 is 6.04 Å². The van der Waals surface area contributed by atoms with Crippen molar-refractivity contribution in [1.82, 2.24) is 20.8 Å². The molecule has 2 amide bonds. The van der Waals surface area contributed by atoms with Gasteiger partial charge in [-0.05, 0) is 32.1 Å². The molecule has 0 aromatic carbocycles. The zero-order valence-corrected chi connectivity index (χ0v) is 12.6. The maximum atomic E-state index is 12.5. The van der Waals surface area contributed by atoms with Gasteiger partial charge in [0, 0.05) is 23.2 Å². The lowest BCUT2D eigenvalue weighted by molar-refractivity contribution is -0.121. The average Bonchev–Trinajstić information content (AvgIpc) is 3.15. The van der Waals surface area contributed by atoms with E-state index >= 15 is 0 Å². The first-order valence-electron chi connectivity index (χ1n) is 7.76. The number of aromatic amines is 1. The van der Waals surface area contributed by atoms with Crippen molar-refractivity contribution >= 4 is 11.8 Å². The Kier molecular flexibility index (Phi) is 3.47. The fourth-order valence-corrected chi connectivity index (χ4v) is 3.58. The molecule has 0 spiro atoms. The molecule has 0 bridgehead atoms. The summed E-state index contributed by atoms with van der Waals surface area (Å²) in [6.45, 7) is 4.76. The number of aromatic nitrogens is 2. The van der Waals surface area contributed by atoms with Gasteiger partial charge in [0.1, 0.15) is 6.04 Å². The second-order valence-electron chi connectivity index (χ2n) is 6.08. The summed E-state index contributed by atoms with van der Waals surface area (Å²) in [5, 5.41) is 12.9. The van der Waals surface area contributed by atoms with Crippen LogP contribution >= 0.6 is 0 Å². The highest BCUT2D eigenvalue weighted by Crippen LogP contribution is 2.34. The Morgan fingerprint density at radius 2 is 2.14 bits per heavy atom. The third-order valence-electron chi connectivity index (χ3n) is 5.19. The van der Waals surface area contributed by atoms with E-state index in [9.17, 15) is 9.59 Å². The van der Waals surface area contributed by atoms with Gasteiger partial charge in [-0.3, -0.25) is 14.7 Å². The van der Waals surface area contributed by atoms with Gasteiger partial charge in [0.2, 0.25) is 5.91 Å². The summed E-state index contributed by atoms with van der Waals surface area (Å²) in [6.07, 6.45) is 4.60. The molecule has 21 heavy (non-hydrogen) atoms. The molecule has 114 valence electrons. The fourth-order valence-electron chi connectivity index (χ4n) is 3.58. The van der Waals surface area contributed by atoms with Gasteiger partial charge in [-0.25, -0.2) is 0 Å². The number of aryl methyl sites for hydroxylation is 1. The second kappa shape index (κ2) is 5.16. The van der Waals surface area contributed by atoms with Crippen molar-refractivity contribution in [2.75, 3.05) is 6.54 Å². The Bertz CT molecular complexity index is 574. The van der Waals surface area contributed by atoms with Gasteiger partial charge in [0.05, 0.1) is 0 Å². The van der Waals surface area contributed by atoms with Gasteiger partial charge in [-0.2, -0.15) is 5.10 Å². The Hall–Kier alpha value is -1.85. The lowest BCUT2D eigenvalue weighted by atomic mass is 9.77. The zero-order chi connectivity index (χ0) is 15.0. The first-order valence-corrected chi connectivity index (χ1v) is 7.76. The molecule has 6 heteroatoms. The summed E-state index contributed by atoms with van der Waals surface area (Å²) in [5.41, 5.74) is 2.35. The lowest BCUT2D eigenvalue weighted by Crippen LogP contribution is -2.49. The number of hydrogen-bond donors (Lipinski definition) is 3. The quantitative estimate of drug-likeness (QED) is 0.771. The van der Waals surface area contributed by atoms with E-state index in [2.05, 4.69) is 34.7 Å². The fraction of sp³-hybridized carbons (Fsp3) is 0.667. The van der Waals surface area contributed by atoms with Gasteiger partial charge in [0.15, 0.2) is 5.69 Å². The van der Waals surface area contributed by atoms with Gasteiger partial charge in [-0.15, -0.1) is 0 Å². The van der Waals surface area contributed by atoms with Crippen LogP contribution in [0.1, 0.15) is 54.9 Å². The number of fused-ring (bicyclic) bond motifs is 1. The topological polar surface area (TPSA) is 86.9 Å². The minimum absolute atomic E-state index is 0.0840. The highest BCUT2D eigenvalue weighted by atomic mass is 16.2. The van der Waals surface area contributed by atoms with E-state index in [1.54, 1.807) is 0 Å². The molecule has 1 atom stereocenters. The molecule has 1 fully saturated rings. The highest BCUT2D eigenvalue weighted by molar-refractivity contribution is 5.98. The number of hydrogen-bond acceptors (Lipinski definition) is 3. The van der Waals surface area contributed by atoms with Gasteiger partial charge in [-0.1, -0.05) is 13.8 Å². The van der Waals surface area contributed by atoms with Crippen molar-refractivity contribution in [3.05, 3.63) is 17.0 Å². The van der Waals surface area contributed by atoms with E-state index in [1.165, 1.54) is 0 Å². The molecule has 0 radical (unpaired) electrons. The van der Waals surface area contributed by atoms with Crippen molar-refractivity contribution in [2.45, 2.75) is 52.0 Å². The molecule has 1 unspecified atom stereocenters. The first kappa shape index (κ1) is 14.1. The summed E-state index contributed by atoms with van der Waals surface area (Å²) in [4.78, 5) is 24.6. The minimum atomic E-state index is -0.464. The first-order chi connectivity index (χ1) is 10.1. The molecule has 1 aromatic rings. The van der Waals surface area contributed by atoms with Gasteiger partial charge < -0.3 is 10.6 Å². The Morgan fingerprint density at radius 1 is 1.38 bits per heavy atom. The average molecular weight is 290 g/mol. The van der Waals surface area contributed by atoms with Crippen LogP contribution in [-0.2, 0) is 17.6 Å². The third-order valence-corrected chi connectivity index (χ3v) is 5.19. The van der Waals surface area contributed by atoms with Crippen molar-refractivity contribution in [1.29, 1.82) is 0 Å². The molecule has 2 aliphatic rings. The smallest absolute Gasteiger partial charge is 0.272 e. The second-order valence-corrected chi connectivity index (χ2v) is 6.08. The van der Waals surface area contributed by atoms with E-state index in [-0.39, 0.29) is 17.2 Å². The highest BCUT2D eigenvalue weighted by Gasteiger charge is 2.47. The largest absolute Gasteiger partial charge is 0.354 e. The predicted molar refractivity (Wildman–Crippen MR) is 77.9 cm³/mol. The van der Waals surface area contributed by atoms with Crippen molar-refractivity contribution in [2.24, 2.45) is 5.41 Å². The summed E-state index contributed by atoms with van der Waals surface area (Å²) in [6, 6.07) is -0.464. The normalized spacial score (nSPS) is 23.0. The van der Waals surface area contributed by atoms with Crippen molar-refractivity contribution in [3.8, 4) is 0 Å². The summed E-state index contributed by atoms with van der Waals surface area (Å²) in [5.74, 6) is -0.318. The van der Waals surface area contributed by atoms with Crippen LogP contribution in [-0.4, -0.2) is 34.6 Å². The molecule has 2 heterocycles. The van der Waals surface area contributed by atoms with Crippen molar-refractivity contribution in [3.63, 3.8) is 0 Å². The van der Waals surface area contributed by atoms with Crippen LogP contribution in [0.15, 0.2) is 0 Å². The van der Waals surface area contributed by atoms with Crippen LogP contribution in [0.2, 0.25) is 0 Å². The SMILES string of the molecule is CCC1(CC)CNC(=O)C1NC(=O)c1n[nH]c2c1CCC2. The molecule has 1 aliphatic heterocycles. The molecule has 1 aromatic heterocycles. The molecule has 1 aliphatic carbocycles. The molecule has 1 saturated heterocycles. The van der Waals surface area contributed by atoms with Crippen LogP contribution in [0.4, 0.5) is 0 Å². The summed E-state index contributed by atoms with van der Waals surface area (Å²) < 4.78 is 0. The molecule has 3 N–H and O–H groups in total. The van der Waals surface area contributed by atoms with E-state index in [0.29, 0.717) is 12.2 Å². The van der Waals surface area contributed by atoms with Crippen LogP contribution in [0.25, 0.3) is 0 Å². The van der Waals surface area contributed by atoms with Crippen LogP contribution in [0, 0.1) is 5.41 Å². The summed E-state index contributed by atoms with van der Waals surface area (Å²) in [7, 11) is 0. The molecular formula is C15H22N4O2. The lowest BCUT2D eigenvalue weighted by Gasteiger charge is -2.31. The van der Waals surface area contributed by atoms with Gasteiger partial charge in [0.25, 0.3) is 5.91 Å². The third kappa shape index (κ3) is 2.13. The standard InChI is InChI=1S/C15H22N4O2/c1-3-15(4-2)8-16-14(21)12(15)17-13(20)11-9-6-5-7-10(9)18-19-11/h12H,3-8H2,1-2H3,(H,16,21)(H,17,20)(H,18,19). The summed E-state index contributed by atoms with van der Waals surface area (Å²) >= 11 is 0. The number of amides is 2. The minimum Gasteiger partial charge on any atom is -0.354 e. The molecule has 3 rings (SSSR count). The van der Waals surface area contributed by atoms with Crippen molar-refractivity contribution < 1.29 is 9.59 Å². The maximum Gasteiger partial charge on any atom is 0.272 e. The van der Waals surface area contributed by atoms with Crippen LogP contribution in [0.3, 0.4) is 0 Å². The number of rotatable bonds is 4. The Morgan fingerprint density at radius 3 is 2.86 bits per heavy atom. The van der Waals surface area contributed by atoms with E-state index in [1.807, 2.05) is 0 Å². The zero-order valence-electron chi connectivity index (χ0n) is 12.6. The molecule has 6 nitrogen and oxygen atoms in total. The predicted octanol–water partition coefficient (Wildman–Crippen LogP) is 0.933. The maximum absolute atomic E-state index is 12.5. The van der Waals surface area contributed by atoms with Crippen LogP contribution < -0.4 is 10.6 Å². The van der Waals surface area contributed by atoms with Gasteiger partial charge >= 0.3 is 0 Å². The number of carbonyl (C=O) groups is 2. The van der Waals surface area contributed by atoms with E-state index in [4.69, 9.17) is 0 Å². The number of nitrogens with zero attached hydrogens (tertiary/aromatic N) is 1. The molecular weight excluding hydrogens is 268 g/mol. The Balaban J connectivity index is 1.81. The van der Waals surface area contributed by atoms with Crippen LogP contribution in [0.5, 0.6) is 0 Å². The number of nitrogens with one attached hydrogen (secondary N) is 3.